The molecule has 3 heteroatoms. The van der Waals surface area contributed by atoms with Gasteiger partial charge in [0.15, 0.2) is 0 Å². The van der Waals surface area contributed by atoms with E-state index in [2.05, 4.69) is 13.2 Å². The molecule has 0 atom stereocenters. The molecule has 0 amide bonds. The second-order valence-corrected chi connectivity index (χ2v) is 1.19. The van der Waals surface area contributed by atoms with Crippen molar-refractivity contribution >= 4 is 0 Å². The Hall–Kier alpha value is -0.960. The SMILES string of the molecule is C=CON(CC)OC=C. The first-order valence-corrected chi connectivity index (χ1v) is 2.68. The molecule has 9 heavy (non-hydrogen) atoms. The predicted octanol–water partition coefficient (Wildman–Crippen LogP) is 1.46. The Kier molecular flexibility index (Phi) is 4.63. The van der Waals surface area contributed by atoms with Crippen LogP contribution in [-0.4, -0.2) is 11.8 Å². The minimum atomic E-state index is 0.623. The molecule has 0 saturated carbocycles. The molecule has 0 aromatic carbocycles. The van der Waals surface area contributed by atoms with Crippen molar-refractivity contribution in [3.63, 3.8) is 0 Å². The molecular formula is C6H11NO2. The number of hydrogen-bond donors (Lipinski definition) is 0. The summed E-state index contributed by atoms with van der Waals surface area (Å²) in [4.78, 5) is 9.47. The van der Waals surface area contributed by atoms with Crippen LogP contribution in [0.15, 0.2) is 25.7 Å². The van der Waals surface area contributed by atoms with Gasteiger partial charge in [0.05, 0.1) is 6.54 Å². The van der Waals surface area contributed by atoms with Gasteiger partial charge in [0.25, 0.3) is 0 Å². The Morgan fingerprint density at radius 3 is 2.00 bits per heavy atom. The van der Waals surface area contributed by atoms with E-state index in [9.17, 15) is 0 Å². The molecule has 0 saturated heterocycles. The third kappa shape index (κ3) is 3.61. The monoisotopic (exact) mass is 129 g/mol. The summed E-state index contributed by atoms with van der Waals surface area (Å²) in [6.45, 7) is 9.21. The fourth-order valence-corrected chi connectivity index (χ4v) is 0.340. The van der Waals surface area contributed by atoms with Crippen molar-refractivity contribution in [2.24, 2.45) is 0 Å². The lowest BCUT2D eigenvalue weighted by molar-refractivity contribution is -0.309. The zero-order valence-electron chi connectivity index (χ0n) is 5.54. The van der Waals surface area contributed by atoms with Crippen LogP contribution in [0.25, 0.3) is 0 Å². The van der Waals surface area contributed by atoms with Gasteiger partial charge in [-0.1, -0.05) is 13.2 Å². The Morgan fingerprint density at radius 1 is 1.33 bits per heavy atom. The number of rotatable bonds is 5. The summed E-state index contributed by atoms with van der Waals surface area (Å²) in [5.74, 6) is 0. The van der Waals surface area contributed by atoms with E-state index < -0.39 is 0 Å². The quantitative estimate of drug-likeness (QED) is 0.414. The maximum Gasteiger partial charge on any atom is 0.108 e. The standard InChI is InChI=1S/C6H11NO2/c1-4-7(8-5-2)9-6-3/h5-6H,2-4H2,1H3. The molecule has 3 nitrogen and oxygen atoms in total. The highest BCUT2D eigenvalue weighted by Crippen LogP contribution is 1.90. The molecule has 0 aliphatic heterocycles. The van der Waals surface area contributed by atoms with Crippen LogP contribution in [0.2, 0.25) is 0 Å². The second kappa shape index (κ2) is 5.18. The Morgan fingerprint density at radius 2 is 1.78 bits per heavy atom. The van der Waals surface area contributed by atoms with Crippen LogP contribution in [0.3, 0.4) is 0 Å². The van der Waals surface area contributed by atoms with E-state index in [4.69, 9.17) is 9.68 Å². The fraction of sp³-hybridized carbons (Fsp3) is 0.333. The molecule has 0 heterocycles. The lowest BCUT2D eigenvalue weighted by atomic mass is 10.8. The highest BCUT2D eigenvalue weighted by molar-refractivity contribution is 4.48. The van der Waals surface area contributed by atoms with E-state index >= 15 is 0 Å². The van der Waals surface area contributed by atoms with Crippen molar-refractivity contribution in [3.8, 4) is 0 Å². The van der Waals surface area contributed by atoms with Gasteiger partial charge in [-0.2, -0.15) is 0 Å². The molecule has 0 aromatic rings. The third-order valence-corrected chi connectivity index (χ3v) is 0.642. The van der Waals surface area contributed by atoms with Gasteiger partial charge in [-0.3, -0.25) is 0 Å². The minimum Gasteiger partial charge on any atom is -0.380 e. The van der Waals surface area contributed by atoms with E-state index in [1.807, 2.05) is 6.92 Å². The van der Waals surface area contributed by atoms with E-state index in [-0.39, 0.29) is 0 Å². The summed E-state index contributed by atoms with van der Waals surface area (Å²) in [5, 5.41) is 1.25. The van der Waals surface area contributed by atoms with E-state index in [0.29, 0.717) is 6.54 Å². The maximum atomic E-state index is 4.74. The summed E-state index contributed by atoms with van der Waals surface area (Å²) in [7, 11) is 0. The van der Waals surface area contributed by atoms with Gasteiger partial charge in [-0.05, 0) is 6.92 Å². The molecule has 0 fully saturated rings. The van der Waals surface area contributed by atoms with Gasteiger partial charge in [-0.25, -0.2) is 0 Å². The lowest BCUT2D eigenvalue weighted by Crippen LogP contribution is -2.18. The average molecular weight is 129 g/mol. The molecule has 0 radical (unpaired) electrons. The first-order chi connectivity index (χ1) is 4.35. The molecule has 0 N–H and O–H groups in total. The second-order valence-electron chi connectivity index (χ2n) is 1.19. The zero-order chi connectivity index (χ0) is 7.11. The average Bonchev–Trinajstić information content (AvgIpc) is 1.88. The molecule has 0 rings (SSSR count). The van der Waals surface area contributed by atoms with Crippen molar-refractivity contribution in [2.75, 3.05) is 6.54 Å². The number of hydroxylamine groups is 2. The van der Waals surface area contributed by atoms with Gasteiger partial charge in [0.2, 0.25) is 0 Å². The van der Waals surface area contributed by atoms with Crippen LogP contribution in [0.1, 0.15) is 6.92 Å². The van der Waals surface area contributed by atoms with Crippen molar-refractivity contribution in [1.29, 1.82) is 0 Å². The first-order valence-electron chi connectivity index (χ1n) is 2.68. The molecule has 0 bridgehead atoms. The normalized spacial score (nSPS) is 8.67. The van der Waals surface area contributed by atoms with Gasteiger partial charge in [0.1, 0.15) is 12.5 Å². The number of nitrogens with zero attached hydrogens (tertiary/aromatic N) is 1. The van der Waals surface area contributed by atoms with Gasteiger partial charge in [0, 0.05) is 5.23 Å². The first kappa shape index (κ1) is 8.04. The van der Waals surface area contributed by atoms with Crippen LogP contribution in [0, 0.1) is 0 Å². The smallest absolute Gasteiger partial charge is 0.108 e. The van der Waals surface area contributed by atoms with Crippen LogP contribution >= 0.6 is 0 Å². The van der Waals surface area contributed by atoms with Gasteiger partial charge >= 0.3 is 0 Å². The van der Waals surface area contributed by atoms with Crippen LogP contribution in [-0.2, 0) is 9.68 Å². The summed E-state index contributed by atoms with van der Waals surface area (Å²) in [6, 6.07) is 0. The summed E-state index contributed by atoms with van der Waals surface area (Å²) < 4.78 is 0. The topological polar surface area (TPSA) is 21.7 Å². The molecule has 0 spiro atoms. The lowest BCUT2D eigenvalue weighted by Gasteiger charge is -2.14. The van der Waals surface area contributed by atoms with E-state index in [0.717, 1.165) is 0 Å². The van der Waals surface area contributed by atoms with Crippen molar-refractivity contribution < 1.29 is 9.68 Å². The zero-order valence-corrected chi connectivity index (χ0v) is 5.54. The summed E-state index contributed by atoms with van der Waals surface area (Å²) in [5.41, 5.74) is 0. The highest BCUT2D eigenvalue weighted by atomic mass is 16.9. The summed E-state index contributed by atoms with van der Waals surface area (Å²) in [6.07, 6.45) is 2.57. The van der Waals surface area contributed by atoms with Crippen LogP contribution < -0.4 is 0 Å². The maximum absolute atomic E-state index is 4.74. The van der Waals surface area contributed by atoms with Gasteiger partial charge < -0.3 is 9.68 Å². The molecule has 52 valence electrons. The number of hydrogen-bond acceptors (Lipinski definition) is 3. The highest BCUT2D eigenvalue weighted by Gasteiger charge is 1.95. The predicted molar refractivity (Wildman–Crippen MR) is 34.9 cm³/mol. The largest absolute Gasteiger partial charge is 0.380 e. The third-order valence-electron chi connectivity index (χ3n) is 0.642. The molecule has 0 aliphatic rings. The molecule has 0 unspecified atom stereocenters. The Bertz CT molecular complexity index is 83.1. The minimum absolute atomic E-state index is 0.623. The molecular weight excluding hydrogens is 118 g/mol. The molecule has 0 aliphatic carbocycles. The van der Waals surface area contributed by atoms with Gasteiger partial charge in [-0.15, -0.1) is 0 Å². The van der Waals surface area contributed by atoms with Crippen LogP contribution in [0.4, 0.5) is 0 Å². The van der Waals surface area contributed by atoms with E-state index in [1.165, 1.54) is 17.8 Å². The fourth-order valence-electron chi connectivity index (χ4n) is 0.340. The van der Waals surface area contributed by atoms with Crippen molar-refractivity contribution in [3.05, 3.63) is 25.7 Å². The van der Waals surface area contributed by atoms with Crippen molar-refractivity contribution in [2.45, 2.75) is 6.92 Å². The van der Waals surface area contributed by atoms with Crippen LogP contribution in [0.5, 0.6) is 0 Å². The molecule has 0 aromatic heterocycles. The van der Waals surface area contributed by atoms with E-state index in [1.54, 1.807) is 0 Å². The van der Waals surface area contributed by atoms with Crippen molar-refractivity contribution in [1.82, 2.24) is 5.23 Å². The Labute approximate surface area is 55.1 Å². The summed E-state index contributed by atoms with van der Waals surface area (Å²) >= 11 is 0. The Balaban J connectivity index is 3.39.